The zero-order valence-corrected chi connectivity index (χ0v) is 10.9. The zero-order valence-electron chi connectivity index (χ0n) is 10.9. The van der Waals surface area contributed by atoms with Crippen molar-refractivity contribution >= 4 is 0 Å². The second kappa shape index (κ2) is 5.03. The highest BCUT2D eigenvalue weighted by Crippen LogP contribution is 2.31. The molecule has 1 unspecified atom stereocenters. The van der Waals surface area contributed by atoms with E-state index in [1.54, 1.807) is 0 Å². The molecule has 0 aromatic carbocycles. The molecule has 0 saturated carbocycles. The minimum absolute atomic E-state index is 0.321. The van der Waals surface area contributed by atoms with Gasteiger partial charge in [0.05, 0.1) is 0 Å². The van der Waals surface area contributed by atoms with Crippen molar-refractivity contribution in [2.75, 3.05) is 39.8 Å². The van der Waals surface area contributed by atoms with Gasteiger partial charge in [0.2, 0.25) is 0 Å². The third-order valence-electron chi connectivity index (χ3n) is 4.63. The van der Waals surface area contributed by atoms with Gasteiger partial charge in [0.25, 0.3) is 0 Å². The number of nitrogens with two attached hydrogens (primary N) is 1. The van der Waals surface area contributed by atoms with Gasteiger partial charge in [-0.2, -0.15) is 0 Å². The molecule has 0 radical (unpaired) electrons. The SMILES string of the molecule is CC1CCCN(C2(CN)CCN(C)CC2)C1. The summed E-state index contributed by atoms with van der Waals surface area (Å²) in [4.78, 5) is 5.13. The Hall–Kier alpha value is -0.120. The summed E-state index contributed by atoms with van der Waals surface area (Å²) in [5.41, 5.74) is 6.42. The second-order valence-electron chi connectivity index (χ2n) is 5.93. The van der Waals surface area contributed by atoms with Gasteiger partial charge in [-0.05, 0) is 58.3 Å². The van der Waals surface area contributed by atoms with Crippen LogP contribution < -0.4 is 5.73 Å². The van der Waals surface area contributed by atoms with Crippen LogP contribution in [-0.2, 0) is 0 Å². The molecule has 2 saturated heterocycles. The quantitative estimate of drug-likeness (QED) is 0.765. The fourth-order valence-electron chi connectivity index (χ4n) is 3.30. The van der Waals surface area contributed by atoms with E-state index in [1.165, 1.54) is 51.9 Å². The number of hydrogen-bond acceptors (Lipinski definition) is 3. The average molecular weight is 225 g/mol. The molecule has 3 nitrogen and oxygen atoms in total. The van der Waals surface area contributed by atoms with Gasteiger partial charge in [-0.3, -0.25) is 4.90 Å². The lowest BCUT2D eigenvalue weighted by atomic mass is 9.83. The van der Waals surface area contributed by atoms with Crippen LogP contribution in [0.2, 0.25) is 0 Å². The first-order chi connectivity index (χ1) is 7.66. The molecule has 2 rings (SSSR count). The van der Waals surface area contributed by atoms with Crippen LogP contribution >= 0.6 is 0 Å². The van der Waals surface area contributed by atoms with Crippen LogP contribution in [0.25, 0.3) is 0 Å². The first-order valence-electron chi connectivity index (χ1n) is 6.80. The third-order valence-corrected chi connectivity index (χ3v) is 4.63. The highest BCUT2D eigenvalue weighted by atomic mass is 15.2. The Kier molecular flexibility index (Phi) is 3.88. The van der Waals surface area contributed by atoms with Gasteiger partial charge < -0.3 is 10.6 Å². The summed E-state index contributed by atoms with van der Waals surface area (Å²) in [6.45, 7) is 8.18. The Labute approximate surface area is 100.0 Å². The molecular formula is C13H27N3. The van der Waals surface area contributed by atoms with Crippen molar-refractivity contribution in [2.45, 2.75) is 38.1 Å². The number of nitrogens with zero attached hydrogens (tertiary/aromatic N) is 2. The summed E-state index contributed by atoms with van der Waals surface area (Å²) in [6, 6.07) is 0. The summed E-state index contributed by atoms with van der Waals surface area (Å²) in [5.74, 6) is 0.858. The van der Waals surface area contributed by atoms with Crippen molar-refractivity contribution in [1.82, 2.24) is 9.80 Å². The highest BCUT2D eigenvalue weighted by Gasteiger charge is 2.39. The topological polar surface area (TPSA) is 32.5 Å². The smallest absolute Gasteiger partial charge is 0.0356 e. The molecule has 16 heavy (non-hydrogen) atoms. The van der Waals surface area contributed by atoms with Crippen LogP contribution in [0.3, 0.4) is 0 Å². The molecule has 2 heterocycles. The second-order valence-corrected chi connectivity index (χ2v) is 5.93. The van der Waals surface area contributed by atoms with E-state index in [0.717, 1.165) is 12.5 Å². The fraction of sp³-hybridized carbons (Fsp3) is 1.00. The van der Waals surface area contributed by atoms with E-state index >= 15 is 0 Å². The van der Waals surface area contributed by atoms with Crippen LogP contribution in [-0.4, -0.2) is 55.1 Å². The normalized spacial score (nSPS) is 32.8. The molecule has 2 aliphatic heterocycles. The van der Waals surface area contributed by atoms with Gasteiger partial charge in [0.15, 0.2) is 0 Å². The maximum absolute atomic E-state index is 6.10. The van der Waals surface area contributed by atoms with Crippen molar-refractivity contribution in [3.63, 3.8) is 0 Å². The first-order valence-corrected chi connectivity index (χ1v) is 6.80. The molecule has 0 bridgehead atoms. The molecule has 2 N–H and O–H groups in total. The molecular weight excluding hydrogens is 198 g/mol. The summed E-state index contributed by atoms with van der Waals surface area (Å²) in [7, 11) is 2.22. The van der Waals surface area contributed by atoms with Gasteiger partial charge in [0, 0.05) is 18.6 Å². The average Bonchev–Trinajstić information content (AvgIpc) is 2.31. The molecule has 0 aromatic rings. The Bertz CT molecular complexity index is 221. The van der Waals surface area contributed by atoms with Crippen molar-refractivity contribution < 1.29 is 0 Å². The van der Waals surface area contributed by atoms with Crippen LogP contribution in [0.15, 0.2) is 0 Å². The van der Waals surface area contributed by atoms with E-state index in [-0.39, 0.29) is 0 Å². The molecule has 3 heteroatoms. The predicted octanol–water partition coefficient (Wildman–Crippen LogP) is 1.14. The lowest BCUT2D eigenvalue weighted by Crippen LogP contribution is -2.61. The first kappa shape index (κ1) is 12.3. The maximum atomic E-state index is 6.10. The van der Waals surface area contributed by atoms with Crippen LogP contribution in [0, 0.1) is 5.92 Å². The summed E-state index contributed by atoms with van der Waals surface area (Å²) >= 11 is 0. The van der Waals surface area contributed by atoms with E-state index in [1.807, 2.05) is 0 Å². The molecule has 2 fully saturated rings. The number of rotatable bonds is 2. The van der Waals surface area contributed by atoms with E-state index in [2.05, 4.69) is 23.8 Å². The molecule has 0 aliphatic carbocycles. The van der Waals surface area contributed by atoms with E-state index in [9.17, 15) is 0 Å². The van der Waals surface area contributed by atoms with E-state index in [4.69, 9.17) is 5.73 Å². The standard InChI is InChI=1S/C13H27N3/c1-12-4-3-7-16(10-12)13(11-14)5-8-15(2)9-6-13/h12H,3-11,14H2,1-2H3. The fourth-order valence-corrected chi connectivity index (χ4v) is 3.30. The van der Waals surface area contributed by atoms with Crippen LogP contribution in [0.1, 0.15) is 32.6 Å². The largest absolute Gasteiger partial charge is 0.329 e. The summed E-state index contributed by atoms with van der Waals surface area (Å²) < 4.78 is 0. The molecule has 1 atom stereocenters. The lowest BCUT2D eigenvalue weighted by molar-refractivity contribution is 0.00679. The van der Waals surface area contributed by atoms with E-state index < -0.39 is 0 Å². The van der Waals surface area contributed by atoms with Crippen molar-refractivity contribution in [3.05, 3.63) is 0 Å². The maximum Gasteiger partial charge on any atom is 0.0356 e. The van der Waals surface area contributed by atoms with Gasteiger partial charge in [-0.1, -0.05) is 6.92 Å². The van der Waals surface area contributed by atoms with Crippen molar-refractivity contribution in [2.24, 2.45) is 11.7 Å². The number of hydrogen-bond donors (Lipinski definition) is 1. The van der Waals surface area contributed by atoms with E-state index in [0.29, 0.717) is 5.54 Å². The summed E-state index contributed by atoms with van der Waals surface area (Å²) in [5, 5.41) is 0. The van der Waals surface area contributed by atoms with Crippen molar-refractivity contribution in [1.29, 1.82) is 0 Å². The lowest BCUT2D eigenvalue weighted by Gasteiger charge is -2.50. The Morgan fingerprint density at radius 3 is 2.50 bits per heavy atom. The van der Waals surface area contributed by atoms with Crippen LogP contribution in [0.4, 0.5) is 0 Å². The minimum atomic E-state index is 0.321. The minimum Gasteiger partial charge on any atom is -0.329 e. The van der Waals surface area contributed by atoms with Gasteiger partial charge >= 0.3 is 0 Å². The zero-order chi connectivity index (χ0) is 11.6. The summed E-state index contributed by atoms with van der Waals surface area (Å²) in [6.07, 6.45) is 5.27. The van der Waals surface area contributed by atoms with Gasteiger partial charge in [-0.25, -0.2) is 0 Å². The van der Waals surface area contributed by atoms with Gasteiger partial charge in [0.1, 0.15) is 0 Å². The molecule has 0 aromatic heterocycles. The monoisotopic (exact) mass is 225 g/mol. The molecule has 2 aliphatic rings. The van der Waals surface area contributed by atoms with Crippen LogP contribution in [0.5, 0.6) is 0 Å². The third kappa shape index (κ3) is 2.41. The van der Waals surface area contributed by atoms with Gasteiger partial charge in [-0.15, -0.1) is 0 Å². The Morgan fingerprint density at radius 2 is 1.94 bits per heavy atom. The molecule has 0 amide bonds. The highest BCUT2D eigenvalue weighted by molar-refractivity contribution is 4.97. The van der Waals surface area contributed by atoms with Crippen molar-refractivity contribution in [3.8, 4) is 0 Å². The molecule has 0 spiro atoms. The predicted molar refractivity (Wildman–Crippen MR) is 68.5 cm³/mol. The number of piperidine rings is 2. The Morgan fingerprint density at radius 1 is 1.25 bits per heavy atom. The Balaban J connectivity index is 2.02. The number of likely N-dealkylation sites (tertiary alicyclic amines) is 2. The molecule has 94 valence electrons.